The van der Waals surface area contributed by atoms with Crippen molar-refractivity contribution in [2.75, 3.05) is 13.2 Å². The van der Waals surface area contributed by atoms with Crippen molar-refractivity contribution in [1.29, 1.82) is 0 Å². The second-order valence-corrected chi connectivity index (χ2v) is 6.35. The first-order chi connectivity index (χ1) is 11.9. The molecule has 2 heterocycles. The molecule has 7 nitrogen and oxygen atoms in total. The van der Waals surface area contributed by atoms with Crippen LogP contribution in [0.1, 0.15) is 34.5 Å². The van der Waals surface area contributed by atoms with Gasteiger partial charge in [0.25, 0.3) is 5.91 Å². The predicted octanol–water partition coefficient (Wildman–Crippen LogP) is 1.85. The molecule has 0 atom stereocenters. The smallest absolute Gasteiger partial charge is 0.329 e. The summed E-state index contributed by atoms with van der Waals surface area (Å²) < 4.78 is 6.91. The lowest BCUT2D eigenvalue weighted by atomic mass is 9.89. The van der Waals surface area contributed by atoms with Gasteiger partial charge in [0.05, 0.1) is 23.1 Å². The molecule has 0 radical (unpaired) electrons. The van der Waals surface area contributed by atoms with Crippen LogP contribution in [-0.4, -0.2) is 45.5 Å². The molecule has 7 heteroatoms. The van der Waals surface area contributed by atoms with Gasteiger partial charge in [0.15, 0.2) is 0 Å². The topological polar surface area (TPSA) is 93.5 Å². The first kappa shape index (κ1) is 17.2. The van der Waals surface area contributed by atoms with Crippen LogP contribution in [0, 0.1) is 13.8 Å². The maximum absolute atomic E-state index is 12.7. The number of carboxylic acid groups (broad SMARTS) is 1. The number of aromatic nitrogens is 2. The summed E-state index contributed by atoms with van der Waals surface area (Å²) in [5.41, 5.74) is 1.69. The van der Waals surface area contributed by atoms with E-state index in [1.54, 1.807) is 11.6 Å². The summed E-state index contributed by atoms with van der Waals surface area (Å²) in [6, 6.07) is 7.79. The van der Waals surface area contributed by atoms with Gasteiger partial charge in [-0.2, -0.15) is 5.10 Å². The second-order valence-electron chi connectivity index (χ2n) is 6.35. The van der Waals surface area contributed by atoms with Gasteiger partial charge in [-0.1, -0.05) is 12.1 Å². The lowest BCUT2D eigenvalue weighted by Gasteiger charge is -2.33. The Balaban J connectivity index is 1.87. The monoisotopic (exact) mass is 343 g/mol. The third-order valence-electron chi connectivity index (χ3n) is 4.61. The number of nitrogens with zero attached hydrogens (tertiary/aromatic N) is 2. The van der Waals surface area contributed by atoms with Crippen molar-refractivity contribution in [3.05, 3.63) is 47.3 Å². The summed E-state index contributed by atoms with van der Waals surface area (Å²) in [5.74, 6) is -1.46. The summed E-state index contributed by atoms with van der Waals surface area (Å²) in [6.07, 6.45) is 1.97. The molecule has 0 bridgehead atoms. The van der Waals surface area contributed by atoms with E-state index in [-0.39, 0.29) is 12.8 Å². The highest BCUT2D eigenvalue weighted by Crippen LogP contribution is 2.23. The molecule has 1 aliphatic heterocycles. The molecular formula is C18H21N3O4. The Morgan fingerprint density at radius 3 is 2.64 bits per heavy atom. The Bertz CT molecular complexity index is 806. The van der Waals surface area contributed by atoms with Gasteiger partial charge < -0.3 is 15.2 Å². The van der Waals surface area contributed by atoms with Gasteiger partial charge in [-0.05, 0) is 31.5 Å². The molecule has 0 saturated carbocycles. The predicted molar refractivity (Wildman–Crippen MR) is 90.9 cm³/mol. The number of carbonyl (C=O) groups is 2. The van der Waals surface area contributed by atoms with Gasteiger partial charge >= 0.3 is 5.97 Å². The van der Waals surface area contributed by atoms with E-state index in [4.69, 9.17) is 4.74 Å². The molecule has 25 heavy (non-hydrogen) atoms. The van der Waals surface area contributed by atoms with Crippen LogP contribution >= 0.6 is 0 Å². The van der Waals surface area contributed by atoms with Crippen molar-refractivity contribution in [3.8, 4) is 5.69 Å². The van der Waals surface area contributed by atoms with Crippen LogP contribution in [0.3, 0.4) is 0 Å². The number of rotatable bonds is 4. The number of carboxylic acids is 1. The van der Waals surface area contributed by atoms with Crippen LogP contribution in [0.4, 0.5) is 0 Å². The van der Waals surface area contributed by atoms with Gasteiger partial charge in [0, 0.05) is 26.1 Å². The molecule has 1 amide bonds. The molecule has 1 aromatic carbocycles. The molecule has 1 saturated heterocycles. The Labute approximate surface area is 145 Å². The molecular weight excluding hydrogens is 322 g/mol. The summed E-state index contributed by atoms with van der Waals surface area (Å²) >= 11 is 0. The zero-order valence-electron chi connectivity index (χ0n) is 14.3. The number of hydrogen-bond donors (Lipinski definition) is 2. The summed E-state index contributed by atoms with van der Waals surface area (Å²) in [5, 5.41) is 16.6. The number of amides is 1. The minimum absolute atomic E-state index is 0.249. The van der Waals surface area contributed by atoms with E-state index in [1.807, 2.05) is 31.2 Å². The number of aliphatic carboxylic acids is 1. The van der Waals surface area contributed by atoms with E-state index >= 15 is 0 Å². The van der Waals surface area contributed by atoms with Crippen LogP contribution in [-0.2, 0) is 9.53 Å². The zero-order chi connectivity index (χ0) is 18.0. The highest BCUT2D eigenvalue weighted by molar-refractivity contribution is 5.98. The number of carbonyl (C=O) groups excluding carboxylic acids is 1. The molecule has 0 unspecified atom stereocenters. The van der Waals surface area contributed by atoms with E-state index in [2.05, 4.69) is 10.4 Å². The Morgan fingerprint density at radius 2 is 2.00 bits per heavy atom. The first-order valence-electron chi connectivity index (χ1n) is 8.18. The summed E-state index contributed by atoms with van der Waals surface area (Å²) in [6.45, 7) is 4.40. The van der Waals surface area contributed by atoms with Crippen LogP contribution in [0.25, 0.3) is 5.69 Å². The van der Waals surface area contributed by atoms with Crippen molar-refractivity contribution in [1.82, 2.24) is 15.1 Å². The fraction of sp³-hybridized carbons (Fsp3) is 0.389. The quantitative estimate of drug-likeness (QED) is 0.884. The molecule has 3 rings (SSSR count). The minimum Gasteiger partial charge on any atom is -0.480 e. The van der Waals surface area contributed by atoms with Crippen molar-refractivity contribution in [2.24, 2.45) is 0 Å². The zero-order valence-corrected chi connectivity index (χ0v) is 14.3. The van der Waals surface area contributed by atoms with Gasteiger partial charge in [0.1, 0.15) is 5.54 Å². The maximum atomic E-state index is 12.7. The Hall–Kier alpha value is -2.67. The molecule has 132 valence electrons. The molecule has 1 aliphatic rings. The van der Waals surface area contributed by atoms with Crippen molar-refractivity contribution < 1.29 is 19.4 Å². The van der Waals surface area contributed by atoms with E-state index in [0.29, 0.717) is 24.5 Å². The van der Waals surface area contributed by atoms with Crippen LogP contribution in [0.5, 0.6) is 0 Å². The number of aryl methyl sites for hydroxylation is 1. The molecule has 2 aromatic rings. The van der Waals surface area contributed by atoms with Crippen LogP contribution in [0.15, 0.2) is 30.5 Å². The standard InChI is InChI=1S/C18H21N3O4/c1-12-4-3-5-14(10-12)21-13(2)15(11-19-21)16(22)20-18(17(23)24)6-8-25-9-7-18/h3-5,10-11H,6-9H2,1-2H3,(H,20,22)(H,23,24). The van der Waals surface area contributed by atoms with Gasteiger partial charge in [-0.3, -0.25) is 4.79 Å². The first-order valence-corrected chi connectivity index (χ1v) is 8.18. The van der Waals surface area contributed by atoms with Crippen molar-refractivity contribution >= 4 is 11.9 Å². The van der Waals surface area contributed by atoms with E-state index < -0.39 is 17.4 Å². The van der Waals surface area contributed by atoms with Gasteiger partial charge in [0.2, 0.25) is 0 Å². The molecule has 1 aromatic heterocycles. The highest BCUT2D eigenvalue weighted by atomic mass is 16.5. The molecule has 2 N–H and O–H groups in total. The third kappa shape index (κ3) is 3.28. The van der Waals surface area contributed by atoms with Crippen molar-refractivity contribution in [2.45, 2.75) is 32.2 Å². The minimum atomic E-state index is -1.28. The number of nitrogens with one attached hydrogen (secondary N) is 1. The SMILES string of the molecule is Cc1cccc(-n2ncc(C(=O)NC3(C(=O)O)CCOCC3)c2C)c1. The Kier molecular flexibility index (Phi) is 4.59. The average Bonchev–Trinajstić information content (AvgIpc) is 2.97. The number of hydrogen-bond acceptors (Lipinski definition) is 4. The van der Waals surface area contributed by atoms with Crippen molar-refractivity contribution in [3.63, 3.8) is 0 Å². The van der Waals surface area contributed by atoms with Gasteiger partial charge in [-0.25, -0.2) is 9.48 Å². The maximum Gasteiger partial charge on any atom is 0.329 e. The lowest BCUT2D eigenvalue weighted by Crippen LogP contribution is -2.57. The number of ether oxygens (including phenoxy) is 1. The number of benzene rings is 1. The summed E-state index contributed by atoms with van der Waals surface area (Å²) in [7, 11) is 0. The van der Waals surface area contributed by atoms with E-state index in [1.165, 1.54) is 6.20 Å². The van der Waals surface area contributed by atoms with E-state index in [0.717, 1.165) is 11.3 Å². The van der Waals surface area contributed by atoms with Crippen LogP contribution in [0.2, 0.25) is 0 Å². The fourth-order valence-electron chi connectivity index (χ4n) is 3.05. The molecule has 0 aliphatic carbocycles. The normalized spacial score (nSPS) is 16.4. The van der Waals surface area contributed by atoms with Crippen LogP contribution < -0.4 is 5.32 Å². The highest BCUT2D eigenvalue weighted by Gasteiger charge is 2.42. The molecule has 1 fully saturated rings. The lowest BCUT2D eigenvalue weighted by molar-refractivity contribution is -0.148. The largest absolute Gasteiger partial charge is 0.480 e. The fourth-order valence-corrected chi connectivity index (χ4v) is 3.05. The van der Waals surface area contributed by atoms with E-state index in [9.17, 15) is 14.7 Å². The van der Waals surface area contributed by atoms with Gasteiger partial charge in [-0.15, -0.1) is 0 Å². The average molecular weight is 343 g/mol. The second kappa shape index (κ2) is 6.68. The Morgan fingerprint density at radius 1 is 1.28 bits per heavy atom. The molecule has 0 spiro atoms. The summed E-state index contributed by atoms with van der Waals surface area (Å²) in [4.78, 5) is 24.4. The third-order valence-corrected chi connectivity index (χ3v) is 4.61.